The van der Waals surface area contributed by atoms with E-state index in [2.05, 4.69) is 0 Å². The third-order valence-corrected chi connectivity index (χ3v) is 2.50. The number of rotatable bonds is 4. The average molecular weight is 248 g/mol. The number of hydrogen-bond acceptors (Lipinski definition) is 5. The number of benzene rings is 1. The lowest BCUT2D eigenvalue weighted by atomic mass is 9.99. The van der Waals surface area contributed by atoms with E-state index in [1.807, 2.05) is 0 Å². The Bertz CT molecular complexity index is 532. The maximum atomic E-state index is 11.3. The van der Waals surface area contributed by atoms with E-state index in [1.165, 1.54) is 12.1 Å². The molecule has 6 heteroatoms. The maximum absolute atomic E-state index is 11.3. The van der Waals surface area contributed by atoms with Crippen molar-refractivity contribution in [3.05, 3.63) is 38.9 Å². The van der Waals surface area contributed by atoms with E-state index < -0.39 is 10.9 Å². The Labute approximate surface area is 104 Å². The summed E-state index contributed by atoms with van der Waals surface area (Å²) in [6, 6.07) is 4.51. The number of hydrogen-bond donors (Lipinski definition) is 0. The molecular formula is C12H12N2O4. The van der Waals surface area contributed by atoms with Crippen LogP contribution >= 0.6 is 0 Å². The second kappa shape index (κ2) is 5.77. The first-order valence-corrected chi connectivity index (χ1v) is 5.33. The van der Waals surface area contributed by atoms with Crippen molar-refractivity contribution in [1.29, 1.82) is 5.26 Å². The van der Waals surface area contributed by atoms with E-state index in [4.69, 9.17) is 10.00 Å². The van der Waals surface area contributed by atoms with Gasteiger partial charge in [0.1, 0.15) is 11.6 Å². The molecule has 0 saturated heterocycles. The van der Waals surface area contributed by atoms with Crippen molar-refractivity contribution < 1.29 is 14.5 Å². The van der Waals surface area contributed by atoms with Crippen LogP contribution in [0.4, 0.5) is 5.69 Å². The summed E-state index contributed by atoms with van der Waals surface area (Å²) in [6.07, 6.45) is 0.00630. The van der Waals surface area contributed by atoms with Crippen molar-refractivity contribution in [2.24, 2.45) is 0 Å². The van der Waals surface area contributed by atoms with Crippen LogP contribution in [0.25, 0.3) is 0 Å². The van der Waals surface area contributed by atoms with Crippen molar-refractivity contribution in [2.45, 2.75) is 20.3 Å². The molecule has 1 rings (SSSR count). The molecule has 0 fully saturated rings. The van der Waals surface area contributed by atoms with E-state index in [0.29, 0.717) is 11.1 Å². The lowest BCUT2D eigenvalue weighted by Crippen LogP contribution is -2.09. The van der Waals surface area contributed by atoms with E-state index >= 15 is 0 Å². The molecule has 0 spiro atoms. The van der Waals surface area contributed by atoms with Gasteiger partial charge in [-0.15, -0.1) is 0 Å². The van der Waals surface area contributed by atoms with Crippen molar-refractivity contribution in [1.82, 2.24) is 0 Å². The predicted octanol–water partition coefficient (Wildman–Crippen LogP) is 1.88. The summed E-state index contributed by atoms with van der Waals surface area (Å²) in [5.41, 5.74) is 0.750. The first kappa shape index (κ1) is 13.6. The molecule has 0 aliphatic heterocycles. The molecule has 0 aromatic heterocycles. The van der Waals surface area contributed by atoms with Gasteiger partial charge in [-0.25, -0.2) is 0 Å². The minimum absolute atomic E-state index is 0.00630. The number of nitriles is 1. The molecule has 0 N–H and O–H groups in total. The second-order valence-electron chi connectivity index (χ2n) is 3.59. The summed E-state index contributed by atoms with van der Waals surface area (Å²) in [5, 5.41) is 19.7. The summed E-state index contributed by atoms with van der Waals surface area (Å²) in [6.45, 7) is 3.55. The van der Waals surface area contributed by atoms with Gasteiger partial charge in [0.15, 0.2) is 0 Å². The van der Waals surface area contributed by atoms with Crippen LogP contribution < -0.4 is 0 Å². The molecule has 1 aromatic rings. The summed E-state index contributed by atoms with van der Waals surface area (Å²) < 4.78 is 4.80. The molecule has 0 unspecified atom stereocenters. The third-order valence-electron chi connectivity index (χ3n) is 2.50. The molecule has 94 valence electrons. The fourth-order valence-electron chi connectivity index (χ4n) is 1.59. The van der Waals surface area contributed by atoms with Crippen molar-refractivity contribution >= 4 is 11.7 Å². The molecule has 6 nitrogen and oxygen atoms in total. The Morgan fingerprint density at radius 2 is 2.22 bits per heavy atom. The van der Waals surface area contributed by atoms with Crippen molar-refractivity contribution in [3.8, 4) is 6.07 Å². The summed E-state index contributed by atoms with van der Waals surface area (Å²) in [7, 11) is 0. The van der Waals surface area contributed by atoms with Crippen LogP contribution in [0, 0.1) is 28.4 Å². The van der Waals surface area contributed by atoms with Crippen LogP contribution in [0.5, 0.6) is 0 Å². The normalized spacial score (nSPS) is 9.61. The number of nitrogens with zero attached hydrogens (tertiary/aromatic N) is 2. The number of esters is 1. The number of ether oxygens (including phenoxy) is 1. The van der Waals surface area contributed by atoms with E-state index in [-0.39, 0.29) is 24.3 Å². The van der Waals surface area contributed by atoms with E-state index in [1.54, 1.807) is 19.9 Å². The molecule has 0 saturated carbocycles. The Hall–Kier alpha value is -2.42. The van der Waals surface area contributed by atoms with Crippen molar-refractivity contribution in [2.75, 3.05) is 6.61 Å². The molecule has 0 atom stereocenters. The van der Waals surface area contributed by atoms with Gasteiger partial charge in [0.2, 0.25) is 0 Å². The molecule has 0 heterocycles. The van der Waals surface area contributed by atoms with Gasteiger partial charge >= 0.3 is 5.97 Å². The van der Waals surface area contributed by atoms with Gasteiger partial charge < -0.3 is 4.74 Å². The highest BCUT2D eigenvalue weighted by Gasteiger charge is 2.19. The van der Waals surface area contributed by atoms with Gasteiger partial charge in [-0.05, 0) is 25.0 Å². The number of carbonyl (C=O) groups excluding carboxylic acids is 1. The molecule has 0 aliphatic rings. The zero-order valence-electron chi connectivity index (χ0n) is 10.1. The van der Waals surface area contributed by atoms with Crippen LogP contribution in [-0.4, -0.2) is 17.5 Å². The molecule has 0 aliphatic carbocycles. The summed E-state index contributed by atoms with van der Waals surface area (Å²) >= 11 is 0. The molecule has 0 radical (unpaired) electrons. The van der Waals surface area contributed by atoms with Gasteiger partial charge in [0.05, 0.1) is 18.0 Å². The molecule has 0 amide bonds. The highest BCUT2D eigenvalue weighted by Crippen LogP contribution is 2.24. The Morgan fingerprint density at radius 1 is 1.56 bits per heavy atom. The molecule has 0 bridgehead atoms. The minimum Gasteiger partial charge on any atom is -0.466 e. The van der Waals surface area contributed by atoms with Gasteiger partial charge in [0, 0.05) is 6.07 Å². The smallest absolute Gasteiger partial charge is 0.310 e. The van der Waals surface area contributed by atoms with Gasteiger partial charge in [-0.2, -0.15) is 5.26 Å². The van der Waals surface area contributed by atoms with Crippen LogP contribution in [-0.2, 0) is 16.0 Å². The Balaban J connectivity index is 3.15. The zero-order chi connectivity index (χ0) is 13.7. The largest absolute Gasteiger partial charge is 0.466 e. The number of carbonyl (C=O) groups is 1. The van der Waals surface area contributed by atoms with Crippen LogP contribution in [0.3, 0.4) is 0 Å². The highest BCUT2D eigenvalue weighted by molar-refractivity contribution is 5.74. The van der Waals surface area contributed by atoms with Gasteiger partial charge in [-0.1, -0.05) is 6.07 Å². The lowest BCUT2D eigenvalue weighted by Gasteiger charge is -2.07. The maximum Gasteiger partial charge on any atom is 0.310 e. The average Bonchev–Trinajstić information content (AvgIpc) is 2.31. The topological polar surface area (TPSA) is 93.2 Å². The molecule has 18 heavy (non-hydrogen) atoms. The monoisotopic (exact) mass is 248 g/mol. The van der Waals surface area contributed by atoms with E-state index in [0.717, 1.165) is 0 Å². The first-order valence-electron chi connectivity index (χ1n) is 5.33. The van der Waals surface area contributed by atoms with Crippen LogP contribution in [0.15, 0.2) is 12.1 Å². The number of nitro groups is 1. The van der Waals surface area contributed by atoms with Crippen molar-refractivity contribution in [3.63, 3.8) is 0 Å². The first-order chi connectivity index (χ1) is 8.51. The Kier molecular flexibility index (Phi) is 4.38. The van der Waals surface area contributed by atoms with Gasteiger partial charge in [0.25, 0.3) is 5.69 Å². The van der Waals surface area contributed by atoms with Crippen LogP contribution in [0.1, 0.15) is 23.6 Å². The molecule has 1 aromatic carbocycles. The fraction of sp³-hybridized carbons (Fsp3) is 0.333. The van der Waals surface area contributed by atoms with E-state index in [9.17, 15) is 14.9 Å². The third kappa shape index (κ3) is 2.83. The molecular weight excluding hydrogens is 236 g/mol. The lowest BCUT2D eigenvalue weighted by molar-refractivity contribution is -0.385. The standard InChI is InChI=1S/C12H12N2O4/c1-3-18-12(15)6-9-4-5-11(14(16)17)10(7-13)8(9)2/h4-5H,3,6H2,1-2H3. The minimum atomic E-state index is -0.611. The number of nitro benzene ring substituents is 1. The SMILES string of the molecule is CCOC(=O)Cc1ccc([N+](=O)[O-])c(C#N)c1C. The van der Waals surface area contributed by atoms with Gasteiger partial charge in [-0.3, -0.25) is 14.9 Å². The summed E-state index contributed by atoms with van der Waals surface area (Å²) in [5.74, 6) is -0.418. The predicted molar refractivity (Wildman–Crippen MR) is 62.9 cm³/mol. The summed E-state index contributed by atoms with van der Waals surface area (Å²) in [4.78, 5) is 21.5. The van der Waals surface area contributed by atoms with Crippen LogP contribution in [0.2, 0.25) is 0 Å². The Morgan fingerprint density at radius 3 is 2.72 bits per heavy atom. The second-order valence-corrected chi connectivity index (χ2v) is 3.59. The zero-order valence-corrected chi connectivity index (χ0v) is 10.1. The highest BCUT2D eigenvalue weighted by atomic mass is 16.6. The quantitative estimate of drug-likeness (QED) is 0.460. The fourth-order valence-corrected chi connectivity index (χ4v) is 1.59.